The van der Waals surface area contributed by atoms with Crippen LogP contribution < -0.4 is 9.47 Å². The van der Waals surface area contributed by atoms with Crippen molar-refractivity contribution >= 4 is 41.8 Å². The number of carbonyl (C=O) groups excluding carboxylic acids is 7. The molecule has 0 aliphatic carbocycles. The highest BCUT2D eigenvalue weighted by Crippen LogP contribution is 2.36. The van der Waals surface area contributed by atoms with Gasteiger partial charge in [0.1, 0.15) is 43.0 Å². The summed E-state index contributed by atoms with van der Waals surface area (Å²) in [5.41, 5.74) is 8.45. The van der Waals surface area contributed by atoms with Crippen molar-refractivity contribution in [2.45, 2.75) is 110 Å². The van der Waals surface area contributed by atoms with Crippen LogP contribution >= 0.6 is 0 Å². The summed E-state index contributed by atoms with van der Waals surface area (Å²) < 4.78 is 68.1. The van der Waals surface area contributed by atoms with Gasteiger partial charge in [-0.15, -0.1) is 0 Å². The van der Waals surface area contributed by atoms with Crippen molar-refractivity contribution in [2.75, 3.05) is 26.4 Å². The van der Waals surface area contributed by atoms with E-state index in [-0.39, 0.29) is 18.9 Å². The molecule has 1 aromatic carbocycles. The van der Waals surface area contributed by atoms with Gasteiger partial charge in [0.25, 0.3) is 0 Å². The van der Waals surface area contributed by atoms with Crippen LogP contribution in [-0.2, 0) is 80.9 Å². The lowest BCUT2D eigenvalue weighted by atomic mass is 9.96. The third-order valence-corrected chi connectivity index (χ3v) is 7.48. The fourth-order valence-electron chi connectivity index (χ4n) is 5.56. The fourth-order valence-corrected chi connectivity index (χ4v) is 5.56. The maximum Gasteiger partial charge on any atom is 0.303 e. The average molecular weight is 798 g/mol. The number of hydrogen-bond donors (Lipinski definition) is 0. The Kier molecular flexibility index (Phi) is 17.1. The number of carbonyl (C=O) groups is 7. The molecular weight excluding hydrogens is 754 g/mol. The Morgan fingerprint density at radius 1 is 0.571 bits per heavy atom. The molecule has 2 heterocycles. The topological polar surface area (TPSA) is 279 Å². The maximum atomic E-state index is 12.6. The number of ether oxygens (including phenoxy) is 12. The predicted molar refractivity (Wildman–Crippen MR) is 180 cm³/mol. The molecule has 0 aromatic heterocycles. The van der Waals surface area contributed by atoms with Gasteiger partial charge in [0.15, 0.2) is 30.7 Å². The van der Waals surface area contributed by atoms with Crippen LogP contribution in [0.25, 0.3) is 10.4 Å². The molecule has 1 aromatic rings. The molecule has 2 aliphatic heterocycles. The zero-order chi connectivity index (χ0) is 41.5. The average Bonchev–Trinajstić information content (AvgIpc) is 3.09. The lowest BCUT2D eigenvalue weighted by Gasteiger charge is -2.48. The highest BCUT2D eigenvalue weighted by atomic mass is 16.8. The molecule has 2 saturated heterocycles. The molecule has 0 unspecified atom stereocenters. The van der Waals surface area contributed by atoms with Gasteiger partial charge in [-0.2, -0.15) is 0 Å². The van der Waals surface area contributed by atoms with Crippen molar-refractivity contribution < 1.29 is 90.4 Å². The van der Waals surface area contributed by atoms with Gasteiger partial charge in [0, 0.05) is 53.4 Å². The molecule has 10 atom stereocenters. The monoisotopic (exact) mass is 797 g/mol. The molecule has 22 nitrogen and oxygen atoms in total. The summed E-state index contributed by atoms with van der Waals surface area (Å²) in [4.78, 5) is 88.6. The van der Waals surface area contributed by atoms with Crippen molar-refractivity contribution in [1.82, 2.24) is 0 Å². The zero-order valence-corrected chi connectivity index (χ0v) is 31.5. The van der Waals surface area contributed by atoms with Crippen molar-refractivity contribution in [3.8, 4) is 11.5 Å². The second-order valence-corrected chi connectivity index (χ2v) is 12.1. The first kappa shape index (κ1) is 44.7. The quantitative estimate of drug-likeness (QED) is 0.0537. The second-order valence-electron chi connectivity index (χ2n) is 12.1. The maximum absolute atomic E-state index is 12.6. The second kappa shape index (κ2) is 21.4. The number of hydrogen-bond acceptors (Lipinski definition) is 20. The van der Waals surface area contributed by atoms with E-state index in [2.05, 4.69) is 10.0 Å². The largest absolute Gasteiger partial charge is 0.493 e. The zero-order valence-electron chi connectivity index (χ0n) is 31.5. The van der Waals surface area contributed by atoms with Crippen LogP contribution in [0.5, 0.6) is 11.5 Å². The van der Waals surface area contributed by atoms with Crippen LogP contribution in [0.2, 0.25) is 0 Å². The van der Waals surface area contributed by atoms with Crippen LogP contribution in [0.1, 0.15) is 48.5 Å². The third kappa shape index (κ3) is 13.9. The van der Waals surface area contributed by atoms with E-state index in [1.54, 1.807) is 0 Å². The smallest absolute Gasteiger partial charge is 0.303 e. The van der Waals surface area contributed by atoms with E-state index in [4.69, 9.17) is 62.4 Å². The molecule has 22 heteroatoms. The lowest BCUT2D eigenvalue weighted by Crippen LogP contribution is -2.67. The summed E-state index contributed by atoms with van der Waals surface area (Å²) >= 11 is 0. The summed E-state index contributed by atoms with van der Waals surface area (Å²) in [7, 11) is 0. The predicted octanol–water partition coefficient (Wildman–Crippen LogP) is 1.37. The fraction of sp³-hybridized carbons (Fsp3) is 0.618. The van der Waals surface area contributed by atoms with E-state index in [0.29, 0.717) is 5.75 Å². The van der Waals surface area contributed by atoms with Crippen LogP contribution in [0, 0.1) is 0 Å². The van der Waals surface area contributed by atoms with Gasteiger partial charge in [-0.1, -0.05) is 5.11 Å². The number of benzene rings is 1. The minimum atomic E-state index is -1.83. The molecule has 3 rings (SSSR count). The molecule has 0 radical (unpaired) electrons. The van der Waals surface area contributed by atoms with E-state index >= 15 is 0 Å². The van der Waals surface area contributed by atoms with E-state index in [1.165, 1.54) is 24.3 Å². The Morgan fingerprint density at radius 3 is 1.46 bits per heavy atom. The van der Waals surface area contributed by atoms with E-state index in [0.717, 1.165) is 48.5 Å². The molecule has 56 heavy (non-hydrogen) atoms. The molecule has 0 bridgehead atoms. The first-order chi connectivity index (χ1) is 26.5. The Balaban J connectivity index is 2.11. The normalized spacial score (nSPS) is 26.8. The summed E-state index contributed by atoms with van der Waals surface area (Å²) in [6.45, 7) is 6.38. The van der Waals surface area contributed by atoms with Crippen molar-refractivity contribution in [3.05, 3.63) is 34.7 Å². The number of esters is 7. The van der Waals surface area contributed by atoms with E-state index < -0.39 is 116 Å². The molecule has 308 valence electrons. The SMILES string of the molecule is CC(=O)OC[C@H]1O[C@@H](O[C@H]2[C@H](OC(C)=O)[C@@H](OC(C)=O)[C@H](Oc3ccc(OCCN=[N+]=[N-])cc3)O[C@@H]2COC(C)=O)[C@H](OC(C)=O)[C@@H](OC(C)=O)[C@H]1OC(C)=O. The first-order valence-electron chi connectivity index (χ1n) is 17.0. The van der Waals surface area contributed by atoms with Crippen LogP contribution in [-0.4, -0.2) is 130 Å². The Labute approximate surface area is 319 Å². The summed E-state index contributed by atoms with van der Waals surface area (Å²) in [5, 5.41) is 3.39. The van der Waals surface area contributed by atoms with Crippen LogP contribution in [0.3, 0.4) is 0 Å². The van der Waals surface area contributed by atoms with Crippen molar-refractivity contribution in [2.24, 2.45) is 5.11 Å². The lowest BCUT2D eigenvalue weighted by molar-refractivity contribution is -0.354. The van der Waals surface area contributed by atoms with E-state index in [9.17, 15) is 33.6 Å². The van der Waals surface area contributed by atoms with Gasteiger partial charge in [-0.05, 0) is 29.8 Å². The molecule has 0 saturated carbocycles. The molecule has 0 spiro atoms. The number of azide groups is 1. The highest BCUT2D eigenvalue weighted by molar-refractivity contribution is 5.69. The van der Waals surface area contributed by atoms with Crippen LogP contribution in [0.4, 0.5) is 0 Å². The summed E-state index contributed by atoms with van der Waals surface area (Å²) in [5.74, 6) is -5.51. The first-order valence-corrected chi connectivity index (χ1v) is 17.0. The Bertz CT molecular complexity index is 1620. The van der Waals surface area contributed by atoms with Crippen molar-refractivity contribution in [1.29, 1.82) is 0 Å². The molecule has 2 fully saturated rings. The third-order valence-electron chi connectivity index (χ3n) is 7.48. The van der Waals surface area contributed by atoms with Gasteiger partial charge in [0.05, 0.1) is 13.2 Å². The minimum absolute atomic E-state index is 0.0801. The van der Waals surface area contributed by atoms with E-state index in [1.807, 2.05) is 0 Å². The minimum Gasteiger partial charge on any atom is -0.493 e. The van der Waals surface area contributed by atoms with Crippen molar-refractivity contribution in [3.63, 3.8) is 0 Å². The Morgan fingerprint density at radius 2 is 0.982 bits per heavy atom. The van der Waals surface area contributed by atoms with Gasteiger partial charge >= 0.3 is 41.8 Å². The van der Waals surface area contributed by atoms with Gasteiger partial charge in [-0.3, -0.25) is 33.6 Å². The summed E-state index contributed by atoms with van der Waals surface area (Å²) in [6.07, 6.45) is -16.1. The summed E-state index contributed by atoms with van der Waals surface area (Å²) in [6, 6.07) is 5.98. The Hall–Kier alpha value is -5.70. The van der Waals surface area contributed by atoms with Gasteiger partial charge in [0.2, 0.25) is 12.4 Å². The van der Waals surface area contributed by atoms with Gasteiger partial charge < -0.3 is 56.8 Å². The standard InChI is InChI=1S/C34H43N3O19/c1-16(38)46-14-25-27(48-18(3)40)29(49-19(4)41)32(52-22(7)44)34(55-25)56-28-26(15-47-17(2)39)54-33(31(51-21(6)43)30(28)50-20(5)42)53-24-10-8-23(9-11-24)45-13-12-36-37-35/h8-11,25-34H,12-15H2,1-7H3/t25-,26-,27+,28-,29+,30+,31-,32-,33-,34+/m1/s1. The number of nitrogens with zero attached hydrogens (tertiary/aromatic N) is 3. The van der Waals surface area contributed by atoms with Crippen LogP contribution in [0.15, 0.2) is 29.4 Å². The molecule has 0 N–H and O–H groups in total. The van der Waals surface area contributed by atoms with Gasteiger partial charge in [-0.25, -0.2) is 0 Å². The number of rotatable bonds is 17. The highest BCUT2D eigenvalue weighted by Gasteiger charge is 2.58. The molecular formula is C34H43N3O19. The molecule has 2 aliphatic rings. The molecule has 0 amide bonds.